The lowest BCUT2D eigenvalue weighted by molar-refractivity contribution is -0.143. The van der Waals surface area contributed by atoms with E-state index in [-0.39, 0.29) is 5.92 Å². The van der Waals surface area contributed by atoms with Crippen LogP contribution in [0.3, 0.4) is 0 Å². The summed E-state index contributed by atoms with van der Waals surface area (Å²) >= 11 is 0. The van der Waals surface area contributed by atoms with Gasteiger partial charge in [0.1, 0.15) is 0 Å². The molecule has 0 aliphatic carbocycles. The first-order chi connectivity index (χ1) is 11.5. The average Bonchev–Trinajstić information content (AvgIpc) is 2.55. The number of likely N-dealkylation sites (tertiary alicyclic amines) is 1. The molecule has 1 unspecified atom stereocenters. The summed E-state index contributed by atoms with van der Waals surface area (Å²) < 4.78 is 11.3. The summed E-state index contributed by atoms with van der Waals surface area (Å²) in [6.07, 6.45) is 2.71. The SMILES string of the molecule is COc1ccc(CN2CCCC(C(=O)O)C2)cc1OCCC(C)C. The van der Waals surface area contributed by atoms with Crippen LogP contribution in [0.25, 0.3) is 0 Å². The molecule has 1 atom stereocenters. The Morgan fingerprint density at radius 2 is 2.17 bits per heavy atom. The molecule has 5 heteroatoms. The van der Waals surface area contributed by atoms with Crippen LogP contribution in [0.2, 0.25) is 0 Å². The lowest BCUT2D eigenvalue weighted by Crippen LogP contribution is -2.38. The Bertz CT molecular complexity index is 544. The van der Waals surface area contributed by atoms with E-state index < -0.39 is 5.97 Å². The minimum Gasteiger partial charge on any atom is -0.493 e. The third kappa shape index (κ3) is 5.41. The predicted molar refractivity (Wildman–Crippen MR) is 93.6 cm³/mol. The van der Waals surface area contributed by atoms with Crippen molar-refractivity contribution >= 4 is 5.97 Å². The molecule has 5 nitrogen and oxygen atoms in total. The number of hydrogen-bond donors (Lipinski definition) is 1. The van der Waals surface area contributed by atoms with Crippen LogP contribution in [0.1, 0.15) is 38.7 Å². The molecule has 2 rings (SSSR count). The van der Waals surface area contributed by atoms with E-state index in [1.807, 2.05) is 18.2 Å². The second-order valence-electron chi connectivity index (χ2n) is 6.93. The van der Waals surface area contributed by atoms with Gasteiger partial charge in [0, 0.05) is 13.1 Å². The molecule has 1 heterocycles. The standard InChI is InChI=1S/C19H29NO4/c1-14(2)8-10-24-18-11-15(6-7-17(18)23-3)12-20-9-4-5-16(13-20)19(21)22/h6-7,11,14,16H,4-5,8-10,12-13H2,1-3H3,(H,21,22). The molecule has 1 aromatic rings. The van der Waals surface area contributed by atoms with Gasteiger partial charge in [-0.1, -0.05) is 19.9 Å². The van der Waals surface area contributed by atoms with E-state index in [9.17, 15) is 9.90 Å². The first kappa shape index (κ1) is 18.6. The molecule has 1 aliphatic rings. The van der Waals surface area contributed by atoms with Gasteiger partial charge in [0.2, 0.25) is 0 Å². The van der Waals surface area contributed by atoms with Crippen molar-refractivity contribution in [3.63, 3.8) is 0 Å². The zero-order chi connectivity index (χ0) is 17.5. The topological polar surface area (TPSA) is 59.0 Å². The van der Waals surface area contributed by atoms with Crippen LogP contribution < -0.4 is 9.47 Å². The van der Waals surface area contributed by atoms with Crippen molar-refractivity contribution < 1.29 is 19.4 Å². The fourth-order valence-corrected chi connectivity index (χ4v) is 3.00. The Labute approximate surface area is 144 Å². The van der Waals surface area contributed by atoms with Gasteiger partial charge in [-0.05, 0) is 49.4 Å². The van der Waals surface area contributed by atoms with Gasteiger partial charge in [0.15, 0.2) is 11.5 Å². The number of benzene rings is 1. The van der Waals surface area contributed by atoms with Gasteiger partial charge < -0.3 is 14.6 Å². The molecule has 1 aromatic carbocycles. The van der Waals surface area contributed by atoms with Crippen LogP contribution >= 0.6 is 0 Å². The van der Waals surface area contributed by atoms with Crippen molar-refractivity contribution in [2.24, 2.45) is 11.8 Å². The van der Waals surface area contributed by atoms with Crippen LogP contribution in [0.15, 0.2) is 18.2 Å². The molecule has 1 aliphatic heterocycles. The zero-order valence-corrected chi connectivity index (χ0v) is 15.0. The van der Waals surface area contributed by atoms with Gasteiger partial charge in [-0.3, -0.25) is 9.69 Å². The Morgan fingerprint density at radius 3 is 2.83 bits per heavy atom. The fourth-order valence-electron chi connectivity index (χ4n) is 3.00. The van der Waals surface area contributed by atoms with Crippen molar-refractivity contribution in [3.8, 4) is 11.5 Å². The monoisotopic (exact) mass is 335 g/mol. The summed E-state index contributed by atoms with van der Waals surface area (Å²) in [7, 11) is 1.65. The molecule has 0 radical (unpaired) electrons. The number of carboxylic acid groups (broad SMARTS) is 1. The van der Waals surface area contributed by atoms with Gasteiger partial charge in [-0.25, -0.2) is 0 Å². The summed E-state index contributed by atoms with van der Waals surface area (Å²) in [5.41, 5.74) is 1.13. The van der Waals surface area contributed by atoms with Crippen LogP contribution in [0.4, 0.5) is 0 Å². The van der Waals surface area contributed by atoms with E-state index in [4.69, 9.17) is 9.47 Å². The molecule has 1 fully saturated rings. The van der Waals surface area contributed by atoms with Crippen molar-refractivity contribution in [3.05, 3.63) is 23.8 Å². The summed E-state index contributed by atoms with van der Waals surface area (Å²) in [6, 6.07) is 5.97. The van der Waals surface area contributed by atoms with Gasteiger partial charge in [-0.15, -0.1) is 0 Å². The third-order valence-electron chi connectivity index (χ3n) is 4.44. The largest absolute Gasteiger partial charge is 0.493 e. The van der Waals surface area contributed by atoms with Gasteiger partial charge >= 0.3 is 5.97 Å². The van der Waals surface area contributed by atoms with E-state index in [1.54, 1.807) is 7.11 Å². The minimum absolute atomic E-state index is 0.251. The van der Waals surface area contributed by atoms with Crippen molar-refractivity contribution in [1.82, 2.24) is 4.90 Å². The summed E-state index contributed by atoms with van der Waals surface area (Å²) in [6.45, 7) is 7.32. The van der Waals surface area contributed by atoms with E-state index in [0.29, 0.717) is 19.1 Å². The molecule has 1 N–H and O–H groups in total. The lowest BCUT2D eigenvalue weighted by Gasteiger charge is -2.30. The predicted octanol–water partition coefficient (Wildman–Crippen LogP) is 3.42. The minimum atomic E-state index is -0.688. The molecule has 134 valence electrons. The highest BCUT2D eigenvalue weighted by Gasteiger charge is 2.25. The number of carbonyl (C=O) groups is 1. The summed E-state index contributed by atoms with van der Waals surface area (Å²) in [4.78, 5) is 13.4. The highest BCUT2D eigenvalue weighted by molar-refractivity contribution is 5.70. The van der Waals surface area contributed by atoms with Crippen LogP contribution in [0, 0.1) is 11.8 Å². The van der Waals surface area contributed by atoms with Crippen molar-refractivity contribution in [1.29, 1.82) is 0 Å². The first-order valence-corrected chi connectivity index (χ1v) is 8.74. The van der Waals surface area contributed by atoms with E-state index in [2.05, 4.69) is 18.7 Å². The smallest absolute Gasteiger partial charge is 0.307 e. The third-order valence-corrected chi connectivity index (χ3v) is 4.44. The zero-order valence-electron chi connectivity index (χ0n) is 15.0. The summed E-state index contributed by atoms with van der Waals surface area (Å²) in [5.74, 6) is 1.17. The highest BCUT2D eigenvalue weighted by atomic mass is 16.5. The summed E-state index contributed by atoms with van der Waals surface area (Å²) in [5, 5.41) is 9.21. The van der Waals surface area contributed by atoms with E-state index in [1.165, 1.54) is 0 Å². The Kier molecular flexibility index (Phi) is 6.91. The molecule has 0 bridgehead atoms. The molecular weight excluding hydrogens is 306 g/mol. The Hall–Kier alpha value is -1.75. The normalized spacial score (nSPS) is 18.6. The number of nitrogens with zero attached hydrogens (tertiary/aromatic N) is 1. The fraction of sp³-hybridized carbons (Fsp3) is 0.632. The molecule has 0 saturated carbocycles. The van der Waals surface area contributed by atoms with Crippen molar-refractivity contribution in [2.45, 2.75) is 39.7 Å². The first-order valence-electron chi connectivity index (χ1n) is 8.74. The van der Waals surface area contributed by atoms with E-state index >= 15 is 0 Å². The van der Waals surface area contributed by atoms with Gasteiger partial charge in [-0.2, -0.15) is 0 Å². The number of rotatable bonds is 8. The highest BCUT2D eigenvalue weighted by Crippen LogP contribution is 2.29. The number of aliphatic carboxylic acids is 1. The Balaban J connectivity index is 2.00. The number of carboxylic acids is 1. The molecule has 0 amide bonds. The molecule has 24 heavy (non-hydrogen) atoms. The quantitative estimate of drug-likeness (QED) is 0.789. The van der Waals surface area contributed by atoms with Crippen molar-refractivity contribution in [2.75, 3.05) is 26.8 Å². The molecule has 1 saturated heterocycles. The molecule has 0 spiro atoms. The molecular formula is C19H29NO4. The maximum absolute atomic E-state index is 11.2. The number of hydrogen-bond acceptors (Lipinski definition) is 4. The second kappa shape index (κ2) is 8.92. The maximum Gasteiger partial charge on any atom is 0.307 e. The number of methoxy groups -OCH3 is 1. The van der Waals surface area contributed by atoms with Crippen LogP contribution in [-0.2, 0) is 11.3 Å². The maximum atomic E-state index is 11.2. The number of ether oxygens (including phenoxy) is 2. The second-order valence-corrected chi connectivity index (χ2v) is 6.93. The van der Waals surface area contributed by atoms with Crippen LogP contribution in [-0.4, -0.2) is 42.8 Å². The molecule has 0 aromatic heterocycles. The number of piperidine rings is 1. The lowest BCUT2D eigenvalue weighted by atomic mass is 9.98. The van der Waals surface area contributed by atoms with Crippen LogP contribution in [0.5, 0.6) is 11.5 Å². The Morgan fingerprint density at radius 1 is 1.38 bits per heavy atom. The van der Waals surface area contributed by atoms with E-state index in [0.717, 1.165) is 49.4 Å². The average molecular weight is 335 g/mol. The van der Waals surface area contributed by atoms with Gasteiger partial charge in [0.25, 0.3) is 0 Å². The van der Waals surface area contributed by atoms with Gasteiger partial charge in [0.05, 0.1) is 19.6 Å².